The van der Waals surface area contributed by atoms with Crippen molar-refractivity contribution in [2.75, 3.05) is 11.9 Å². The maximum absolute atomic E-state index is 8.64. The van der Waals surface area contributed by atoms with Crippen LogP contribution in [0.15, 0.2) is 18.3 Å². The normalized spacial score (nSPS) is 13.9. The molecule has 0 saturated carbocycles. The van der Waals surface area contributed by atoms with Gasteiger partial charge in [0, 0.05) is 19.1 Å². The van der Waals surface area contributed by atoms with Crippen molar-refractivity contribution < 1.29 is 0 Å². The molecule has 2 unspecified atom stereocenters. The predicted molar refractivity (Wildman–Crippen MR) is 64.9 cm³/mol. The maximum atomic E-state index is 8.64. The molecule has 0 fully saturated rings. The Morgan fingerprint density at radius 1 is 1.50 bits per heavy atom. The molecule has 4 heteroatoms. The third-order valence-electron chi connectivity index (χ3n) is 2.69. The third-order valence-corrected chi connectivity index (χ3v) is 2.69. The van der Waals surface area contributed by atoms with Gasteiger partial charge >= 0.3 is 0 Å². The zero-order valence-corrected chi connectivity index (χ0v) is 10.0. The highest BCUT2D eigenvalue weighted by atomic mass is 15.1. The zero-order valence-electron chi connectivity index (χ0n) is 10.0. The van der Waals surface area contributed by atoms with E-state index >= 15 is 0 Å². The van der Waals surface area contributed by atoms with Gasteiger partial charge in [-0.05, 0) is 26.0 Å². The largest absolute Gasteiger partial charge is 0.370 e. The Hall–Kier alpha value is -1.60. The Labute approximate surface area is 96.7 Å². The van der Waals surface area contributed by atoms with E-state index in [0.29, 0.717) is 6.42 Å². The SMILES string of the molecule is CC(N)c1ccc(N(C)C(C)CC#N)cn1. The average molecular weight is 218 g/mol. The minimum atomic E-state index is -0.0455. The Morgan fingerprint density at radius 2 is 2.19 bits per heavy atom. The molecule has 0 aliphatic heterocycles. The number of hydrogen-bond donors (Lipinski definition) is 1. The average Bonchev–Trinajstić information content (AvgIpc) is 2.28. The summed E-state index contributed by atoms with van der Waals surface area (Å²) in [5.74, 6) is 0. The number of anilines is 1. The van der Waals surface area contributed by atoms with Gasteiger partial charge in [0.15, 0.2) is 0 Å². The van der Waals surface area contributed by atoms with Gasteiger partial charge in [0.05, 0.1) is 30.1 Å². The summed E-state index contributed by atoms with van der Waals surface area (Å²) in [5.41, 5.74) is 7.61. The number of pyridine rings is 1. The lowest BCUT2D eigenvalue weighted by molar-refractivity contribution is 0.699. The first-order valence-corrected chi connectivity index (χ1v) is 5.37. The highest BCUT2D eigenvalue weighted by Gasteiger charge is 2.10. The molecule has 1 rings (SSSR count). The molecule has 86 valence electrons. The molecule has 16 heavy (non-hydrogen) atoms. The topological polar surface area (TPSA) is 65.9 Å². The number of nitrogens with two attached hydrogens (primary N) is 1. The fourth-order valence-corrected chi connectivity index (χ4v) is 1.40. The van der Waals surface area contributed by atoms with Crippen LogP contribution in [-0.2, 0) is 0 Å². The lowest BCUT2D eigenvalue weighted by Crippen LogP contribution is -2.28. The minimum Gasteiger partial charge on any atom is -0.370 e. The molecule has 0 radical (unpaired) electrons. The fraction of sp³-hybridized carbons (Fsp3) is 0.500. The van der Waals surface area contributed by atoms with Gasteiger partial charge < -0.3 is 10.6 Å². The second-order valence-corrected chi connectivity index (χ2v) is 4.05. The van der Waals surface area contributed by atoms with Crippen LogP contribution in [0.1, 0.15) is 32.0 Å². The van der Waals surface area contributed by atoms with E-state index in [9.17, 15) is 0 Å². The van der Waals surface area contributed by atoms with E-state index in [0.717, 1.165) is 11.4 Å². The van der Waals surface area contributed by atoms with Crippen LogP contribution >= 0.6 is 0 Å². The Bertz CT molecular complexity index is 364. The second kappa shape index (κ2) is 5.47. The smallest absolute Gasteiger partial charge is 0.0643 e. The Balaban J connectivity index is 2.78. The summed E-state index contributed by atoms with van der Waals surface area (Å²) in [7, 11) is 1.96. The molecule has 2 atom stereocenters. The van der Waals surface area contributed by atoms with Crippen molar-refractivity contribution >= 4 is 5.69 Å². The van der Waals surface area contributed by atoms with Gasteiger partial charge in [-0.25, -0.2) is 0 Å². The van der Waals surface area contributed by atoms with E-state index < -0.39 is 0 Å². The molecular formula is C12H18N4. The number of nitrogens with zero attached hydrogens (tertiary/aromatic N) is 3. The van der Waals surface area contributed by atoms with E-state index in [2.05, 4.69) is 11.1 Å². The molecule has 0 bridgehead atoms. The van der Waals surface area contributed by atoms with E-state index in [1.807, 2.05) is 37.9 Å². The van der Waals surface area contributed by atoms with Gasteiger partial charge in [-0.2, -0.15) is 5.26 Å². The number of rotatable bonds is 4. The predicted octanol–water partition coefficient (Wildman–Crippen LogP) is 1.84. The van der Waals surface area contributed by atoms with Crippen LogP contribution in [-0.4, -0.2) is 18.1 Å². The zero-order chi connectivity index (χ0) is 12.1. The molecule has 4 nitrogen and oxygen atoms in total. The van der Waals surface area contributed by atoms with Crippen LogP contribution < -0.4 is 10.6 Å². The summed E-state index contributed by atoms with van der Waals surface area (Å²) < 4.78 is 0. The number of aromatic nitrogens is 1. The molecular weight excluding hydrogens is 200 g/mol. The monoisotopic (exact) mass is 218 g/mol. The molecule has 0 saturated heterocycles. The van der Waals surface area contributed by atoms with Crippen molar-refractivity contribution in [2.45, 2.75) is 32.4 Å². The number of hydrogen-bond acceptors (Lipinski definition) is 4. The quantitative estimate of drug-likeness (QED) is 0.837. The molecule has 1 aromatic heterocycles. The van der Waals surface area contributed by atoms with Gasteiger partial charge in [0.1, 0.15) is 0 Å². The lowest BCUT2D eigenvalue weighted by Gasteiger charge is -2.25. The van der Waals surface area contributed by atoms with Crippen molar-refractivity contribution in [1.29, 1.82) is 5.26 Å². The van der Waals surface area contributed by atoms with E-state index in [-0.39, 0.29) is 12.1 Å². The van der Waals surface area contributed by atoms with Gasteiger partial charge in [-0.3, -0.25) is 4.98 Å². The molecule has 1 heterocycles. The van der Waals surface area contributed by atoms with Crippen LogP contribution in [0.3, 0.4) is 0 Å². The van der Waals surface area contributed by atoms with E-state index in [1.54, 1.807) is 6.20 Å². The second-order valence-electron chi connectivity index (χ2n) is 4.05. The Kier molecular flexibility index (Phi) is 4.27. The van der Waals surface area contributed by atoms with Crippen LogP contribution in [0.2, 0.25) is 0 Å². The van der Waals surface area contributed by atoms with Crippen LogP contribution in [0.5, 0.6) is 0 Å². The standard InChI is InChI=1S/C12H18N4/c1-9(6-7-13)16(3)11-4-5-12(10(2)14)15-8-11/h4-5,8-10H,6,14H2,1-3H3. The van der Waals surface area contributed by atoms with Gasteiger partial charge in [-0.1, -0.05) is 0 Å². The van der Waals surface area contributed by atoms with Crippen LogP contribution in [0.25, 0.3) is 0 Å². The highest BCUT2D eigenvalue weighted by molar-refractivity contribution is 5.45. The van der Waals surface area contributed by atoms with E-state index in [4.69, 9.17) is 11.0 Å². The summed E-state index contributed by atoms with van der Waals surface area (Å²) in [5, 5.41) is 8.64. The summed E-state index contributed by atoms with van der Waals surface area (Å²) in [6, 6.07) is 6.22. The van der Waals surface area contributed by atoms with Crippen molar-refractivity contribution in [3.8, 4) is 6.07 Å². The van der Waals surface area contributed by atoms with Gasteiger partial charge in [0.2, 0.25) is 0 Å². The summed E-state index contributed by atoms with van der Waals surface area (Å²) in [4.78, 5) is 6.34. The first kappa shape index (κ1) is 12.5. The highest BCUT2D eigenvalue weighted by Crippen LogP contribution is 2.17. The molecule has 0 aliphatic carbocycles. The summed E-state index contributed by atoms with van der Waals surface area (Å²) in [6.45, 7) is 3.92. The third kappa shape index (κ3) is 2.94. The van der Waals surface area contributed by atoms with Crippen LogP contribution in [0, 0.1) is 11.3 Å². The van der Waals surface area contributed by atoms with Crippen molar-refractivity contribution in [3.63, 3.8) is 0 Å². The Morgan fingerprint density at radius 3 is 2.62 bits per heavy atom. The molecule has 0 aliphatic rings. The molecule has 0 amide bonds. The maximum Gasteiger partial charge on any atom is 0.0643 e. The lowest BCUT2D eigenvalue weighted by atomic mass is 10.2. The van der Waals surface area contributed by atoms with Gasteiger partial charge in [-0.15, -0.1) is 0 Å². The fourth-order valence-electron chi connectivity index (χ4n) is 1.40. The first-order valence-electron chi connectivity index (χ1n) is 5.37. The minimum absolute atomic E-state index is 0.0455. The molecule has 0 spiro atoms. The van der Waals surface area contributed by atoms with E-state index in [1.165, 1.54) is 0 Å². The summed E-state index contributed by atoms with van der Waals surface area (Å²) in [6.07, 6.45) is 2.30. The number of nitriles is 1. The molecule has 2 N–H and O–H groups in total. The molecule has 0 aromatic carbocycles. The van der Waals surface area contributed by atoms with Crippen molar-refractivity contribution in [3.05, 3.63) is 24.0 Å². The van der Waals surface area contributed by atoms with Crippen LogP contribution in [0.4, 0.5) is 5.69 Å². The van der Waals surface area contributed by atoms with Crippen molar-refractivity contribution in [2.24, 2.45) is 5.73 Å². The summed E-state index contributed by atoms with van der Waals surface area (Å²) >= 11 is 0. The van der Waals surface area contributed by atoms with Crippen molar-refractivity contribution in [1.82, 2.24) is 4.98 Å². The first-order chi connectivity index (χ1) is 7.56. The van der Waals surface area contributed by atoms with Gasteiger partial charge in [0.25, 0.3) is 0 Å². The molecule has 1 aromatic rings.